The van der Waals surface area contributed by atoms with Crippen molar-refractivity contribution in [2.75, 3.05) is 36.7 Å². The van der Waals surface area contributed by atoms with Crippen molar-refractivity contribution in [3.63, 3.8) is 0 Å². The van der Waals surface area contributed by atoms with Crippen LogP contribution in [0.25, 0.3) is 21.9 Å². The van der Waals surface area contributed by atoms with Gasteiger partial charge in [-0.25, -0.2) is 28.2 Å². The Morgan fingerprint density at radius 2 is 2.02 bits per heavy atom. The zero-order chi connectivity index (χ0) is 29.1. The lowest BCUT2D eigenvalue weighted by molar-refractivity contribution is 0.0440. The number of hydrogen-bond acceptors (Lipinski definition) is 11. The van der Waals surface area contributed by atoms with Crippen LogP contribution in [0.15, 0.2) is 24.5 Å². The molecule has 5 N–H and O–H groups in total. The van der Waals surface area contributed by atoms with Gasteiger partial charge in [-0.05, 0) is 31.9 Å². The summed E-state index contributed by atoms with van der Waals surface area (Å²) in [5.41, 5.74) is 7.22. The highest BCUT2D eigenvalue weighted by Crippen LogP contribution is 2.53. The van der Waals surface area contributed by atoms with Crippen LogP contribution in [0.2, 0.25) is 0 Å². The molecule has 1 unspecified atom stereocenters. The van der Waals surface area contributed by atoms with Gasteiger partial charge in [0.15, 0.2) is 5.75 Å². The number of nitrogens with two attached hydrogens (primary N) is 1. The number of H-pyrrole nitrogens is 1. The molecule has 1 spiro atoms. The van der Waals surface area contributed by atoms with Crippen LogP contribution in [0.4, 0.5) is 20.7 Å². The smallest absolute Gasteiger partial charge is 0.421 e. The molecule has 0 bridgehead atoms. The molecule has 1 atom stereocenters. The molecular weight excluding hydrogens is 562 g/mol. The molecule has 41 heavy (non-hydrogen) atoms. The first kappa shape index (κ1) is 27.2. The molecule has 1 saturated heterocycles. The average Bonchev–Trinajstić information content (AvgIpc) is 3.50. The number of aromatic amines is 1. The van der Waals surface area contributed by atoms with Gasteiger partial charge >= 0.3 is 19.9 Å². The number of anilines is 2. The number of phosphoric acid groups is 1. The third-order valence-corrected chi connectivity index (χ3v) is 7.81. The Morgan fingerprint density at radius 1 is 1.29 bits per heavy atom. The van der Waals surface area contributed by atoms with E-state index >= 15 is 4.39 Å². The van der Waals surface area contributed by atoms with Crippen LogP contribution in [-0.2, 0) is 13.8 Å². The maximum absolute atomic E-state index is 15.0. The van der Waals surface area contributed by atoms with Gasteiger partial charge in [0.2, 0.25) is 6.79 Å². The molecule has 3 aromatic heterocycles. The molecule has 17 heteroatoms. The predicted molar refractivity (Wildman–Crippen MR) is 143 cm³/mol. The van der Waals surface area contributed by atoms with Gasteiger partial charge in [0.05, 0.1) is 29.0 Å². The first-order chi connectivity index (χ1) is 19.4. The number of carbonyl (C=O) groups is 1. The SMILES string of the molecule is Cc1ncc(Oc2nc(N3CC(N)C4(CC4)C3)c3c(n2)[nH]c2c(N(C)C(=O)OCOP(=O)(O)O)cc(F)cc23)cn1. The first-order valence-electron chi connectivity index (χ1n) is 12.5. The Kier molecular flexibility index (Phi) is 6.54. The standard InChI is InChI=1S/C24H26FN8O7P/c1-12-27-7-14(8-28-12)40-22-30-20-18(21(31-22)33-9-17(26)24(10-33)3-4-24)15-5-13(25)6-16(19(15)29-20)32(2)23(34)38-11-39-41(35,36)37/h5-8,17H,3-4,9-11,26H2,1-2H3,(H,29,30,31)(H2,35,36,37). The number of ether oxygens (including phenoxy) is 2. The number of aryl methyl sites for hydroxylation is 1. The van der Waals surface area contributed by atoms with Crippen LogP contribution in [0.5, 0.6) is 11.8 Å². The lowest BCUT2D eigenvalue weighted by Crippen LogP contribution is -2.30. The van der Waals surface area contributed by atoms with E-state index in [1.807, 2.05) is 4.90 Å². The normalized spacial score (nSPS) is 17.9. The molecule has 15 nitrogen and oxygen atoms in total. The molecule has 1 saturated carbocycles. The lowest BCUT2D eigenvalue weighted by Gasteiger charge is -2.19. The van der Waals surface area contributed by atoms with E-state index in [9.17, 15) is 9.36 Å². The number of rotatable bonds is 7. The molecule has 4 aromatic rings. The predicted octanol–water partition coefficient (Wildman–Crippen LogP) is 2.71. The number of halogens is 1. The number of aromatic nitrogens is 5. The Balaban J connectivity index is 1.44. The summed E-state index contributed by atoms with van der Waals surface area (Å²) in [5, 5.41) is 0.899. The quantitative estimate of drug-likeness (QED) is 0.181. The number of benzene rings is 1. The summed E-state index contributed by atoms with van der Waals surface area (Å²) in [6.07, 6.45) is 3.97. The number of nitrogens with zero attached hydrogens (tertiary/aromatic N) is 6. The second-order valence-corrected chi connectivity index (χ2v) is 11.4. The summed E-state index contributed by atoms with van der Waals surface area (Å²) in [6.45, 7) is 1.93. The van der Waals surface area contributed by atoms with Crippen LogP contribution >= 0.6 is 7.82 Å². The van der Waals surface area contributed by atoms with Gasteiger partial charge < -0.3 is 34.9 Å². The number of fused-ring (bicyclic) bond motifs is 3. The minimum atomic E-state index is -4.86. The molecule has 2 fully saturated rings. The van der Waals surface area contributed by atoms with E-state index < -0.39 is 26.5 Å². The van der Waals surface area contributed by atoms with Crippen molar-refractivity contribution in [3.05, 3.63) is 36.2 Å². The van der Waals surface area contributed by atoms with Gasteiger partial charge in [-0.2, -0.15) is 9.97 Å². The Bertz CT molecular complexity index is 1710. The number of nitrogens with one attached hydrogen (secondary N) is 1. The molecule has 216 valence electrons. The van der Waals surface area contributed by atoms with Crippen molar-refractivity contribution in [1.82, 2.24) is 24.9 Å². The fourth-order valence-corrected chi connectivity index (χ4v) is 5.26. The minimum Gasteiger partial charge on any atom is -0.421 e. The third kappa shape index (κ3) is 5.27. The highest BCUT2D eigenvalue weighted by molar-refractivity contribution is 7.46. The number of hydrogen-bond donors (Lipinski definition) is 4. The second kappa shape index (κ2) is 9.85. The van der Waals surface area contributed by atoms with Gasteiger partial charge in [-0.1, -0.05) is 0 Å². The number of carbonyl (C=O) groups excluding carboxylic acids is 1. The summed E-state index contributed by atoms with van der Waals surface area (Å²) in [4.78, 5) is 53.9. The summed E-state index contributed by atoms with van der Waals surface area (Å²) >= 11 is 0. The van der Waals surface area contributed by atoms with Crippen molar-refractivity contribution in [2.24, 2.45) is 11.1 Å². The highest BCUT2D eigenvalue weighted by atomic mass is 31.2. The van der Waals surface area contributed by atoms with Crippen LogP contribution in [0, 0.1) is 18.2 Å². The van der Waals surface area contributed by atoms with Crippen LogP contribution in [0.3, 0.4) is 0 Å². The van der Waals surface area contributed by atoms with Crippen LogP contribution < -0.4 is 20.3 Å². The van der Waals surface area contributed by atoms with E-state index in [4.69, 9.17) is 30.0 Å². The molecule has 1 amide bonds. The van der Waals surface area contributed by atoms with Gasteiger partial charge in [-0.3, -0.25) is 4.90 Å². The number of phosphoric ester groups is 1. The molecule has 2 aliphatic rings. The summed E-state index contributed by atoms with van der Waals surface area (Å²) in [7, 11) is -3.55. The van der Waals surface area contributed by atoms with Gasteiger partial charge in [0.1, 0.15) is 23.1 Å². The average molecular weight is 588 g/mol. The minimum absolute atomic E-state index is 0.00111. The maximum Gasteiger partial charge on any atom is 0.472 e. The van der Waals surface area contributed by atoms with Crippen molar-refractivity contribution >= 4 is 47.4 Å². The van der Waals surface area contributed by atoms with Crippen molar-refractivity contribution in [3.8, 4) is 11.8 Å². The zero-order valence-corrected chi connectivity index (χ0v) is 22.8. The molecular formula is C24H26FN8O7P. The van der Waals surface area contributed by atoms with E-state index in [1.165, 1.54) is 25.5 Å². The molecule has 1 aromatic carbocycles. The Labute approximate surface area is 231 Å². The molecule has 4 heterocycles. The second-order valence-electron chi connectivity index (χ2n) is 10.2. The van der Waals surface area contributed by atoms with Gasteiger partial charge in [-0.15, -0.1) is 0 Å². The van der Waals surface area contributed by atoms with Crippen molar-refractivity contribution in [2.45, 2.75) is 25.8 Å². The van der Waals surface area contributed by atoms with Crippen molar-refractivity contribution < 1.29 is 37.5 Å². The summed E-state index contributed by atoms with van der Waals surface area (Å²) in [5.74, 6) is 0.719. The number of amides is 1. The fraction of sp³-hybridized carbons (Fsp3) is 0.375. The highest BCUT2D eigenvalue weighted by Gasteiger charge is 2.54. The largest absolute Gasteiger partial charge is 0.472 e. The first-order valence-corrected chi connectivity index (χ1v) is 14.1. The molecule has 6 rings (SSSR count). The van der Waals surface area contributed by atoms with Gasteiger partial charge in [0.25, 0.3) is 0 Å². The van der Waals surface area contributed by atoms with E-state index in [1.54, 1.807) is 6.92 Å². The summed E-state index contributed by atoms with van der Waals surface area (Å²) < 4.78 is 40.8. The Hall–Kier alpha value is -3.95. The Morgan fingerprint density at radius 3 is 2.68 bits per heavy atom. The van der Waals surface area contributed by atoms with E-state index in [2.05, 4.69) is 24.5 Å². The molecule has 1 aliphatic heterocycles. The van der Waals surface area contributed by atoms with Crippen molar-refractivity contribution in [1.29, 1.82) is 0 Å². The maximum atomic E-state index is 15.0. The fourth-order valence-electron chi connectivity index (χ4n) is 5.07. The molecule has 1 aliphatic carbocycles. The molecule has 0 radical (unpaired) electrons. The van der Waals surface area contributed by atoms with Crippen LogP contribution in [0.1, 0.15) is 18.7 Å². The van der Waals surface area contributed by atoms with Crippen LogP contribution in [-0.4, -0.2) is 73.8 Å². The van der Waals surface area contributed by atoms with E-state index in [-0.39, 0.29) is 23.2 Å². The topological polar surface area (TPSA) is 202 Å². The van der Waals surface area contributed by atoms with E-state index in [0.717, 1.165) is 23.8 Å². The monoisotopic (exact) mass is 588 g/mol. The zero-order valence-electron chi connectivity index (χ0n) is 21.9. The van der Waals surface area contributed by atoms with Gasteiger partial charge in [0, 0.05) is 37.0 Å². The van der Waals surface area contributed by atoms with E-state index in [0.29, 0.717) is 52.4 Å². The summed E-state index contributed by atoms with van der Waals surface area (Å²) in [6, 6.07) is 2.36. The lowest BCUT2D eigenvalue weighted by atomic mass is 10.0. The third-order valence-electron chi connectivity index (χ3n) is 7.37.